The predicted molar refractivity (Wildman–Crippen MR) is 134 cm³/mol. The number of piperidine rings is 1. The summed E-state index contributed by atoms with van der Waals surface area (Å²) in [5.74, 6) is 1.66. The minimum Gasteiger partial charge on any atom is -0.490 e. The molecule has 0 spiro atoms. The summed E-state index contributed by atoms with van der Waals surface area (Å²) in [5, 5.41) is 9.01. The van der Waals surface area contributed by atoms with Crippen molar-refractivity contribution in [3.05, 3.63) is 53.3 Å². The molecule has 1 atom stereocenters. The van der Waals surface area contributed by atoms with E-state index in [9.17, 15) is 4.79 Å². The van der Waals surface area contributed by atoms with E-state index < -0.39 is 0 Å². The van der Waals surface area contributed by atoms with E-state index in [0.29, 0.717) is 11.4 Å². The van der Waals surface area contributed by atoms with Crippen LogP contribution in [0.25, 0.3) is 0 Å². The highest BCUT2D eigenvalue weighted by molar-refractivity contribution is 5.94. The van der Waals surface area contributed by atoms with Gasteiger partial charge in [-0.15, -0.1) is 0 Å². The van der Waals surface area contributed by atoms with Crippen LogP contribution in [0.2, 0.25) is 0 Å². The number of aryl methyl sites for hydroxylation is 1. The van der Waals surface area contributed by atoms with Gasteiger partial charge in [0, 0.05) is 44.0 Å². The molecule has 1 aliphatic carbocycles. The second kappa shape index (κ2) is 11.0. The molecular weight excluding hydrogens is 424 g/mol. The quantitative estimate of drug-likeness (QED) is 0.600. The number of pyridine rings is 1. The van der Waals surface area contributed by atoms with Gasteiger partial charge >= 0.3 is 0 Å². The van der Waals surface area contributed by atoms with Crippen molar-refractivity contribution in [1.82, 2.24) is 9.88 Å². The Balaban J connectivity index is 1.31. The third-order valence-corrected chi connectivity index (χ3v) is 7.35. The lowest BCUT2D eigenvalue weighted by Crippen LogP contribution is -2.37. The normalized spacial score (nSPS) is 23.2. The van der Waals surface area contributed by atoms with Crippen molar-refractivity contribution in [3.8, 4) is 11.8 Å². The summed E-state index contributed by atoms with van der Waals surface area (Å²) in [7, 11) is 1.89. The number of hydrogen-bond acceptors (Lipinski definition) is 5. The number of ether oxygens (including phenoxy) is 1. The number of carbonyl (C=O) groups is 1. The Bertz CT molecular complexity index is 1040. The maximum atomic E-state index is 13.2. The number of benzene rings is 1. The van der Waals surface area contributed by atoms with Crippen LogP contribution >= 0.6 is 0 Å². The van der Waals surface area contributed by atoms with Crippen LogP contribution < -0.4 is 9.64 Å². The molecular formula is C28H36N4O2. The Labute approximate surface area is 203 Å². The molecule has 6 heteroatoms. The fourth-order valence-electron chi connectivity index (χ4n) is 5.30. The van der Waals surface area contributed by atoms with Crippen LogP contribution in [0.15, 0.2) is 36.5 Å². The largest absolute Gasteiger partial charge is 0.490 e. The third-order valence-electron chi connectivity index (χ3n) is 7.35. The molecule has 2 heterocycles. The van der Waals surface area contributed by atoms with Crippen molar-refractivity contribution >= 4 is 11.6 Å². The van der Waals surface area contributed by atoms with Gasteiger partial charge in [-0.05, 0) is 87.2 Å². The van der Waals surface area contributed by atoms with Gasteiger partial charge in [-0.3, -0.25) is 9.69 Å². The van der Waals surface area contributed by atoms with E-state index in [2.05, 4.69) is 41.9 Å². The second-order valence-corrected chi connectivity index (χ2v) is 10.1. The molecule has 2 fully saturated rings. The third kappa shape index (κ3) is 5.95. The number of anilines is 1. The Morgan fingerprint density at radius 1 is 1.21 bits per heavy atom. The molecule has 1 saturated heterocycles. The van der Waals surface area contributed by atoms with Gasteiger partial charge in [0.25, 0.3) is 0 Å². The minimum absolute atomic E-state index is 0.0202. The summed E-state index contributed by atoms with van der Waals surface area (Å²) >= 11 is 0. The zero-order valence-corrected chi connectivity index (χ0v) is 20.7. The number of nitrogens with zero attached hydrogens (tertiary/aromatic N) is 4. The Kier molecular flexibility index (Phi) is 7.84. The van der Waals surface area contributed by atoms with E-state index in [1.165, 1.54) is 37.1 Å². The first-order valence-corrected chi connectivity index (χ1v) is 12.5. The Morgan fingerprint density at radius 2 is 2.00 bits per heavy atom. The van der Waals surface area contributed by atoms with E-state index in [1.807, 2.05) is 18.0 Å². The van der Waals surface area contributed by atoms with E-state index in [4.69, 9.17) is 10.00 Å². The molecule has 1 aromatic heterocycles. The first-order chi connectivity index (χ1) is 16.4. The molecule has 6 nitrogen and oxygen atoms in total. The number of hydrogen-bond donors (Lipinski definition) is 0. The van der Waals surface area contributed by atoms with Gasteiger partial charge in [-0.25, -0.2) is 4.98 Å². The summed E-state index contributed by atoms with van der Waals surface area (Å²) in [5.41, 5.74) is 3.93. The summed E-state index contributed by atoms with van der Waals surface area (Å²) in [6.07, 6.45) is 7.58. The first-order valence-electron chi connectivity index (χ1n) is 12.5. The maximum Gasteiger partial charge on any atom is 0.229 e. The zero-order valence-electron chi connectivity index (χ0n) is 20.7. The highest BCUT2D eigenvalue weighted by Crippen LogP contribution is 2.31. The SMILES string of the molecule is Cc1cc(N(C)C(=O)C2CCC(Oc3ccnc(C#N)c3)CC2)ccc1CN1CCC[C@@H](C)C1. The summed E-state index contributed by atoms with van der Waals surface area (Å²) in [4.78, 5) is 21.6. The first kappa shape index (κ1) is 24.2. The van der Waals surface area contributed by atoms with Gasteiger partial charge in [0.2, 0.25) is 5.91 Å². The van der Waals surface area contributed by atoms with Crippen molar-refractivity contribution < 1.29 is 9.53 Å². The fraction of sp³-hybridized carbons (Fsp3) is 0.536. The van der Waals surface area contributed by atoms with Crippen LogP contribution in [-0.4, -0.2) is 42.0 Å². The van der Waals surface area contributed by atoms with Crippen molar-refractivity contribution in [2.75, 3.05) is 25.0 Å². The van der Waals surface area contributed by atoms with Gasteiger partial charge in [-0.2, -0.15) is 5.26 Å². The topological polar surface area (TPSA) is 69.5 Å². The molecule has 34 heavy (non-hydrogen) atoms. The number of rotatable bonds is 6. The monoisotopic (exact) mass is 460 g/mol. The fourth-order valence-corrected chi connectivity index (χ4v) is 5.30. The van der Waals surface area contributed by atoms with Crippen molar-refractivity contribution in [3.63, 3.8) is 0 Å². The van der Waals surface area contributed by atoms with Crippen molar-refractivity contribution in [1.29, 1.82) is 5.26 Å². The van der Waals surface area contributed by atoms with E-state index in [1.54, 1.807) is 18.3 Å². The van der Waals surface area contributed by atoms with Crippen molar-refractivity contribution in [2.24, 2.45) is 11.8 Å². The molecule has 4 rings (SSSR count). The maximum absolute atomic E-state index is 13.2. The number of carbonyl (C=O) groups excluding carboxylic acids is 1. The van der Waals surface area contributed by atoms with E-state index in [0.717, 1.165) is 43.8 Å². The average Bonchev–Trinajstić information content (AvgIpc) is 2.85. The molecule has 1 aromatic carbocycles. The van der Waals surface area contributed by atoms with Crippen LogP contribution in [0.5, 0.6) is 5.75 Å². The minimum atomic E-state index is 0.0202. The lowest BCUT2D eigenvalue weighted by Gasteiger charge is -2.32. The Hall–Kier alpha value is -2.91. The summed E-state index contributed by atoms with van der Waals surface area (Å²) < 4.78 is 6.05. The van der Waals surface area contributed by atoms with Crippen LogP contribution in [0.3, 0.4) is 0 Å². The highest BCUT2D eigenvalue weighted by Gasteiger charge is 2.30. The molecule has 2 aliphatic rings. The molecule has 2 aromatic rings. The van der Waals surface area contributed by atoms with Crippen LogP contribution in [0.1, 0.15) is 62.3 Å². The molecule has 180 valence electrons. The van der Waals surface area contributed by atoms with Crippen molar-refractivity contribution in [2.45, 2.75) is 65.0 Å². The predicted octanol–water partition coefficient (Wildman–Crippen LogP) is 5.09. The zero-order chi connectivity index (χ0) is 24.1. The van der Waals surface area contributed by atoms with Crippen LogP contribution in [0, 0.1) is 30.1 Å². The van der Waals surface area contributed by atoms with Crippen LogP contribution in [0.4, 0.5) is 5.69 Å². The molecule has 1 amide bonds. The summed E-state index contributed by atoms with van der Waals surface area (Å²) in [6.45, 7) is 7.84. The standard InChI is InChI=1S/C28H36N4O2/c1-20-5-4-14-32(18-20)19-23-6-9-25(15-21(23)2)31(3)28(33)22-7-10-26(11-8-22)34-27-12-13-30-24(16-27)17-29/h6,9,12-13,15-16,20,22,26H,4-5,7-8,10-11,14,18-19H2,1-3H3/t20-,22?,26?/m1/s1. The second-order valence-electron chi connectivity index (χ2n) is 10.1. The number of likely N-dealkylation sites (tertiary alicyclic amines) is 1. The molecule has 0 unspecified atom stereocenters. The highest BCUT2D eigenvalue weighted by atomic mass is 16.5. The van der Waals surface area contributed by atoms with E-state index >= 15 is 0 Å². The molecule has 1 saturated carbocycles. The molecule has 0 radical (unpaired) electrons. The lowest BCUT2D eigenvalue weighted by molar-refractivity contribution is -0.123. The Morgan fingerprint density at radius 3 is 2.71 bits per heavy atom. The lowest BCUT2D eigenvalue weighted by atomic mass is 9.86. The smallest absolute Gasteiger partial charge is 0.229 e. The van der Waals surface area contributed by atoms with Gasteiger partial charge in [0.15, 0.2) is 0 Å². The van der Waals surface area contributed by atoms with Crippen LogP contribution in [-0.2, 0) is 11.3 Å². The summed E-state index contributed by atoms with van der Waals surface area (Å²) in [6, 6.07) is 11.9. The van der Waals surface area contributed by atoms with E-state index in [-0.39, 0.29) is 17.9 Å². The number of aromatic nitrogens is 1. The molecule has 1 aliphatic heterocycles. The van der Waals surface area contributed by atoms with Gasteiger partial charge < -0.3 is 9.64 Å². The number of amides is 1. The average molecular weight is 461 g/mol. The van der Waals surface area contributed by atoms with Gasteiger partial charge in [0.1, 0.15) is 17.5 Å². The molecule has 0 N–H and O–H groups in total. The number of nitriles is 1. The molecule has 0 bridgehead atoms. The van der Waals surface area contributed by atoms with Gasteiger partial charge in [0.05, 0.1) is 6.10 Å². The van der Waals surface area contributed by atoms with Gasteiger partial charge in [-0.1, -0.05) is 13.0 Å².